The number of carbonyl (C=O) groups excluding carboxylic acids is 2. The molecular formula is C18H24N2O2. The molecule has 0 radical (unpaired) electrons. The van der Waals surface area contributed by atoms with Crippen molar-refractivity contribution >= 4 is 11.8 Å². The fourth-order valence-electron chi connectivity index (χ4n) is 3.94. The lowest BCUT2D eigenvalue weighted by atomic mass is 9.94. The van der Waals surface area contributed by atoms with Gasteiger partial charge in [0.15, 0.2) is 0 Å². The van der Waals surface area contributed by atoms with E-state index in [-0.39, 0.29) is 23.9 Å². The molecule has 0 saturated carbocycles. The van der Waals surface area contributed by atoms with Gasteiger partial charge in [-0.3, -0.25) is 9.59 Å². The summed E-state index contributed by atoms with van der Waals surface area (Å²) in [6, 6.07) is 7.31. The van der Waals surface area contributed by atoms with Gasteiger partial charge in [0.2, 0.25) is 5.91 Å². The maximum atomic E-state index is 13.1. The summed E-state index contributed by atoms with van der Waals surface area (Å²) in [5.74, 6) is 0.103. The highest BCUT2D eigenvalue weighted by molar-refractivity contribution is 6.05. The molecule has 0 aromatic heterocycles. The summed E-state index contributed by atoms with van der Waals surface area (Å²) in [7, 11) is 0. The first-order chi connectivity index (χ1) is 10.6. The van der Waals surface area contributed by atoms with Crippen LogP contribution in [0.4, 0.5) is 0 Å². The maximum Gasteiger partial charge on any atom is 0.255 e. The Balaban J connectivity index is 2.02. The van der Waals surface area contributed by atoms with Gasteiger partial charge in [-0.2, -0.15) is 0 Å². The molecule has 0 bridgehead atoms. The third-order valence-electron chi connectivity index (χ3n) is 5.08. The van der Waals surface area contributed by atoms with Crippen LogP contribution in [-0.4, -0.2) is 40.2 Å². The van der Waals surface area contributed by atoms with E-state index in [1.165, 1.54) is 0 Å². The molecule has 2 aliphatic heterocycles. The van der Waals surface area contributed by atoms with Crippen LogP contribution in [0.25, 0.3) is 0 Å². The van der Waals surface area contributed by atoms with Crippen LogP contribution in [0, 0.1) is 0 Å². The van der Waals surface area contributed by atoms with Crippen LogP contribution in [0.5, 0.6) is 0 Å². The van der Waals surface area contributed by atoms with Crippen molar-refractivity contribution in [2.75, 3.05) is 6.54 Å². The Kier molecular flexibility index (Phi) is 3.94. The summed E-state index contributed by atoms with van der Waals surface area (Å²) in [4.78, 5) is 29.6. The number of hydrogen-bond acceptors (Lipinski definition) is 2. The van der Waals surface area contributed by atoms with Gasteiger partial charge in [0.25, 0.3) is 5.91 Å². The van der Waals surface area contributed by atoms with E-state index in [9.17, 15) is 9.59 Å². The fraction of sp³-hybridized carbons (Fsp3) is 0.556. The van der Waals surface area contributed by atoms with Crippen molar-refractivity contribution in [1.82, 2.24) is 9.80 Å². The summed E-state index contributed by atoms with van der Waals surface area (Å²) in [5, 5.41) is 0. The lowest BCUT2D eigenvalue weighted by Gasteiger charge is -2.47. The normalized spacial score (nSPS) is 27.1. The standard InChI is InChI=1S/C18H24N2O2/c1-4-6-11-19-15(5-2)12(3)20-16(18(19)22)13-9-7-8-10-14(13)17(20)21/h7-10,12,15-16H,4-6,11H2,1-3H3. The van der Waals surface area contributed by atoms with E-state index in [2.05, 4.69) is 20.8 Å². The number of piperazine rings is 1. The highest BCUT2D eigenvalue weighted by atomic mass is 16.2. The monoisotopic (exact) mass is 300 g/mol. The van der Waals surface area contributed by atoms with Gasteiger partial charge in [-0.1, -0.05) is 38.5 Å². The van der Waals surface area contributed by atoms with Crippen LogP contribution >= 0.6 is 0 Å². The molecule has 1 aromatic carbocycles. The van der Waals surface area contributed by atoms with Crippen LogP contribution in [0.1, 0.15) is 62.0 Å². The number of nitrogens with zero attached hydrogens (tertiary/aromatic N) is 2. The third-order valence-corrected chi connectivity index (χ3v) is 5.08. The van der Waals surface area contributed by atoms with Crippen molar-refractivity contribution < 1.29 is 9.59 Å². The lowest BCUT2D eigenvalue weighted by molar-refractivity contribution is -0.147. The Morgan fingerprint density at radius 1 is 1.14 bits per heavy atom. The van der Waals surface area contributed by atoms with Crippen molar-refractivity contribution in [3.63, 3.8) is 0 Å². The molecule has 22 heavy (non-hydrogen) atoms. The van der Waals surface area contributed by atoms with Gasteiger partial charge in [-0.05, 0) is 31.4 Å². The Hall–Kier alpha value is -1.84. The molecule has 1 saturated heterocycles. The van der Waals surface area contributed by atoms with Crippen molar-refractivity contribution in [1.29, 1.82) is 0 Å². The SMILES string of the molecule is CCCCN1C(=O)C2c3ccccc3C(=O)N2C(C)C1CC. The van der Waals surface area contributed by atoms with Crippen LogP contribution in [0.15, 0.2) is 24.3 Å². The van der Waals surface area contributed by atoms with E-state index in [1.807, 2.05) is 34.1 Å². The number of unbranched alkanes of at least 4 members (excludes halogenated alkanes) is 1. The lowest BCUT2D eigenvalue weighted by Crippen LogP contribution is -2.61. The smallest absolute Gasteiger partial charge is 0.255 e. The predicted molar refractivity (Wildman–Crippen MR) is 85.5 cm³/mol. The number of amides is 2. The van der Waals surface area contributed by atoms with Crippen LogP contribution in [0.3, 0.4) is 0 Å². The second kappa shape index (κ2) is 5.75. The summed E-state index contributed by atoms with van der Waals surface area (Å²) >= 11 is 0. The van der Waals surface area contributed by atoms with E-state index < -0.39 is 6.04 Å². The molecule has 3 unspecified atom stereocenters. The van der Waals surface area contributed by atoms with Gasteiger partial charge in [0.05, 0.1) is 12.1 Å². The largest absolute Gasteiger partial charge is 0.336 e. The van der Waals surface area contributed by atoms with Gasteiger partial charge in [-0.15, -0.1) is 0 Å². The zero-order valence-corrected chi connectivity index (χ0v) is 13.6. The van der Waals surface area contributed by atoms with Gasteiger partial charge in [0, 0.05) is 12.1 Å². The predicted octanol–water partition coefficient (Wildman–Crippen LogP) is 2.99. The summed E-state index contributed by atoms with van der Waals surface area (Å²) in [5.41, 5.74) is 1.57. The Bertz CT molecular complexity index is 599. The average molecular weight is 300 g/mol. The second-order valence-electron chi connectivity index (χ2n) is 6.30. The third kappa shape index (κ3) is 2.04. The number of rotatable bonds is 4. The van der Waals surface area contributed by atoms with E-state index in [0.29, 0.717) is 5.56 Å². The second-order valence-corrected chi connectivity index (χ2v) is 6.30. The van der Waals surface area contributed by atoms with Gasteiger partial charge in [0.1, 0.15) is 6.04 Å². The molecular weight excluding hydrogens is 276 g/mol. The molecule has 3 atom stereocenters. The van der Waals surface area contributed by atoms with Crippen molar-refractivity contribution in [3.05, 3.63) is 35.4 Å². The van der Waals surface area contributed by atoms with E-state index >= 15 is 0 Å². The molecule has 0 aliphatic carbocycles. The molecule has 0 N–H and O–H groups in total. The van der Waals surface area contributed by atoms with Crippen molar-refractivity contribution in [2.24, 2.45) is 0 Å². The molecule has 3 rings (SSSR count). The molecule has 4 nitrogen and oxygen atoms in total. The molecule has 2 heterocycles. The quantitative estimate of drug-likeness (QED) is 0.857. The van der Waals surface area contributed by atoms with Crippen molar-refractivity contribution in [2.45, 2.75) is 58.2 Å². The van der Waals surface area contributed by atoms with Crippen LogP contribution in [-0.2, 0) is 4.79 Å². The molecule has 1 aromatic rings. The Morgan fingerprint density at radius 2 is 1.86 bits per heavy atom. The first kappa shape index (κ1) is 15.1. The first-order valence-electron chi connectivity index (χ1n) is 8.33. The van der Waals surface area contributed by atoms with Crippen LogP contribution < -0.4 is 0 Å². The van der Waals surface area contributed by atoms with E-state index in [4.69, 9.17) is 0 Å². The highest BCUT2D eigenvalue weighted by Crippen LogP contribution is 2.41. The average Bonchev–Trinajstić information content (AvgIpc) is 2.83. The minimum absolute atomic E-state index is 0.00930. The van der Waals surface area contributed by atoms with Gasteiger partial charge >= 0.3 is 0 Å². The number of benzene rings is 1. The highest BCUT2D eigenvalue weighted by Gasteiger charge is 2.51. The molecule has 118 valence electrons. The minimum Gasteiger partial charge on any atom is -0.336 e. The van der Waals surface area contributed by atoms with Crippen molar-refractivity contribution in [3.8, 4) is 0 Å². The van der Waals surface area contributed by atoms with Gasteiger partial charge in [-0.25, -0.2) is 0 Å². The van der Waals surface area contributed by atoms with Gasteiger partial charge < -0.3 is 9.80 Å². The minimum atomic E-state index is -0.418. The maximum absolute atomic E-state index is 13.1. The Morgan fingerprint density at radius 3 is 2.55 bits per heavy atom. The zero-order valence-electron chi connectivity index (χ0n) is 13.6. The molecule has 2 amide bonds. The molecule has 2 aliphatic rings. The number of hydrogen-bond donors (Lipinski definition) is 0. The van der Waals surface area contributed by atoms with E-state index in [0.717, 1.165) is 31.4 Å². The summed E-state index contributed by atoms with van der Waals surface area (Å²) in [6.07, 6.45) is 2.96. The zero-order chi connectivity index (χ0) is 15.9. The fourth-order valence-corrected chi connectivity index (χ4v) is 3.94. The number of carbonyl (C=O) groups is 2. The molecule has 1 fully saturated rings. The molecule has 0 spiro atoms. The number of fused-ring (bicyclic) bond motifs is 3. The first-order valence-corrected chi connectivity index (χ1v) is 8.33. The topological polar surface area (TPSA) is 40.6 Å². The summed E-state index contributed by atoms with van der Waals surface area (Å²) < 4.78 is 0. The Labute approximate surface area is 132 Å². The summed E-state index contributed by atoms with van der Waals surface area (Å²) in [6.45, 7) is 7.11. The van der Waals surface area contributed by atoms with E-state index in [1.54, 1.807) is 0 Å². The van der Waals surface area contributed by atoms with Crippen LogP contribution in [0.2, 0.25) is 0 Å². The molecule has 4 heteroatoms.